The van der Waals surface area contributed by atoms with Gasteiger partial charge in [0.15, 0.2) is 4.47 Å². The van der Waals surface area contributed by atoms with Crippen LogP contribution in [0.15, 0.2) is 24.4 Å². The highest BCUT2D eigenvalue weighted by Gasteiger charge is 2.15. The molecule has 0 aliphatic heterocycles. The minimum absolute atomic E-state index is 0.397. The predicted molar refractivity (Wildman–Crippen MR) is 108 cm³/mol. The molecule has 1 amide bonds. The number of hydroxylamine groups is 2. The van der Waals surface area contributed by atoms with E-state index < -0.39 is 5.60 Å². The summed E-state index contributed by atoms with van der Waals surface area (Å²) < 4.78 is 6.01. The highest BCUT2D eigenvalue weighted by Crippen LogP contribution is 2.26. The molecular weight excluding hydrogens is 386 g/mol. The molecule has 148 valence electrons. The number of nitrogens with zero attached hydrogens (tertiary/aromatic N) is 2. The molecule has 0 atom stereocenters. The van der Waals surface area contributed by atoms with Crippen LogP contribution >= 0.6 is 22.9 Å². The lowest BCUT2D eigenvalue weighted by Gasteiger charge is -2.26. The summed E-state index contributed by atoms with van der Waals surface area (Å²) in [6.45, 7) is 7.51. The van der Waals surface area contributed by atoms with Gasteiger partial charge in [0.25, 0.3) is 0 Å². The number of amides is 1. The van der Waals surface area contributed by atoms with Crippen LogP contribution < -0.4 is 10.1 Å². The predicted octanol–water partition coefficient (Wildman–Crippen LogP) is 3.67. The molecule has 6 nitrogen and oxygen atoms in total. The maximum Gasteiger partial charge on any atom is 0.233 e. The van der Waals surface area contributed by atoms with Crippen LogP contribution in [-0.2, 0) is 22.6 Å². The summed E-state index contributed by atoms with van der Waals surface area (Å²) in [7, 11) is 1.67. The van der Waals surface area contributed by atoms with Crippen molar-refractivity contribution >= 4 is 29.3 Å². The number of rotatable bonds is 10. The Morgan fingerprint density at radius 2 is 2.15 bits per heavy atom. The van der Waals surface area contributed by atoms with Crippen LogP contribution in [0.5, 0.6) is 5.75 Å². The van der Waals surface area contributed by atoms with Gasteiger partial charge in [0.05, 0.1) is 19.3 Å². The molecule has 0 radical (unpaired) electrons. The molecule has 1 N–H and O–H groups in total. The van der Waals surface area contributed by atoms with Gasteiger partial charge in [-0.25, -0.2) is 10.0 Å². The van der Waals surface area contributed by atoms with Crippen LogP contribution in [0.25, 0.3) is 0 Å². The van der Waals surface area contributed by atoms with E-state index in [9.17, 15) is 4.79 Å². The number of aromatic nitrogens is 1. The largest absolute Gasteiger partial charge is 0.496 e. The lowest BCUT2D eigenvalue weighted by atomic mass is 10.1. The molecule has 27 heavy (non-hydrogen) atoms. The zero-order valence-corrected chi connectivity index (χ0v) is 17.7. The number of hydrogen-bond acceptors (Lipinski definition) is 6. The summed E-state index contributed by atoms with van der Waals surface area (Å²) in [5, 5.41) is 4.65. The number of halogens is 1. The SMILES string of the molecule is COc1ccc(CNCCN(C=O)OC(C)(C)C)cc1Cc1cnc(Cl)s1. The summed E-state index contributed by atoms with van der Waals surface area (Å²) in [6, 6.07) is 6.11. The fourth-order valence-electron chi connectivity index (χ4n) is 2.53. The Morgan fingerprint density at radius 3 is 2.74 bits per heavy atom. The second-order valence-corrected chi connectivity index (χ2v) is 8.73. The Kier molecular flexibility index (Phi) is 8.04. The number of thiazole rings is 1. The first-order valence-corrected chi connectivity index (χ1v) is 9.88. The van der Waals surface area contributed by atoms with Crippen molar-refractivity contribution in [1.82, 2.24) is 15.4 Å². The van der Waals surface area contributed by atoms with Gasteiger partial charge in [-0.1, -0.05) is 23.7 Å². The fourth-order valence-corrected chi connectivity index (χ4v) is 3.53. The Bertz CT molecular complexity index is 746. The van der Waals surface area contributed by atoms with Crippen molar-refractivity contribution in [3.63, 3.8) is 0 Å². The van der Waals surface area contributed by atoms with E-state index in [0.717, 1.165) is 28.2 Å². The molecule has 0 saturated carbocycles. The smallest absolute Gasteiger partial charge is 0.233 e. The quantitative estimate of drug-likeness (QED) is 0.367. The average Bonchev–Trinajstić information content (AvgIpc) is 3.01. The first kappa shape index (κ1) is 21.6. The Balaban J connectivity index is 1.91. The molecular formula is C19H26ClN3O3S. The van der Waals surface area contributed by atoms with Crippen molar-refractivity contribution in [3.8, 4) is 5.75 Å². The van der Waals surface area contributed by atoms with E-state index in [0.29, 0.717) is 30.5 Å². The van der Waals surface area contributed by atoms with Gasteiger partial charge in [-0.2, -0.15) is 0 Å². The molecule has 0 spiro atoms. The first-order chi connectivity index (χ1) is 12.8. The van der Waals surface area contributed by atoms with Gasteiger partial charge in [0.2, 0.25) is 6.41 Å². The summed E-state index contributed by atoms with van der Waals surface area (Å²) in [5.74, 6) is 0.842. The van der Waals surface area contributed by atoms with E-state index in [1.807, 2.05) is 32.9 Å². The third-order valence-corrected chi connectivity index (χ3v) is 4.70. The van der Waals surface area contributed by atoms with Crippen molar-refractivity contribution in [1.29, 1.82) is 0 Å². The summed E-state index contributed by atoms with van der Waals surface area (Å²) in [6.07, 6.45) is 3.22. The highest BCUT2D eigenvalue weighted by molar-refractivity contribution is 7.15. The Morgan fingerprint density at radius 1 is 1.37 bits per heavy atom. The van der Waals surface area contributed by atoms with E-state index in [1.54, 1.807) is 13.3 Å². The van der Waals surface area contributed by atoms with Crippen LogP contribution in [0.3, 0.4) is 0 Å². The zero-order valence-electron chi connectivity index (χ0n) is 16.1. The number of methoxy groups -OCH3 is 1. The Labute approximate surface area is 169 Å². The molecule has 0 bridgehead atoms. The van der Waals surface area contributed by atoms with Crippen molar-refractivity contribution in [2.24, 2.45) is 0 Å². The lowest BCUT2D eigenvalue weighted by Crippen LogP contribution is -2.37. The normalized spacial score (nSPS) is 11.4. The highest BCUT2D eigenvalue weighted by atomic mass is 35.5. The molecule has 1 aromatic carbocycles. The number of hydrogen-bond donors (Lipinski definition) is 1. The van der Waals surface area contributed by atoms with E-state index in [-0.39, 0.29) is 0 Å². The number of nitrogens with one attached hydrogen (secondary N) is 1. The lowest BCUT2D eigenvalue weighted by molar-refractivity contribution is -0.215. The van der Waals surface area contributed by atoms with E-state index in [2.05, 4.69) is 16.4 Å². The first-order valence-electron chi connectivity index (χ1n) is 8.68. The summed E-state index contributed by atoms with van der Waals surface area (Å²) in [4.78, 5) is 21.8. The van der Waals surface area contributed by atoms with Gasteiger partial charge in [-0.15, -0.1) is 11.3 Å². The topological polar surface area (TPSA) is 63.7 Å². The third kappa shape index (κ3) is 7.46. The van der Waals surface area contributed by atoms with Crippen LogP contribution in [0.1, 0.15) is 36.8 Å². The third-order valence-electron chi connectivity index (χ3n) is 3.58. The number of carbonyl (C=O) groups is 1. The number of ether oxygens (including phenoxy) is 1. The van der Waals surface area contributed by atoms with Crippen LogP contribution in [-0.4, -0.2) is 42.3 Å². The number of carbonyl (C=O) groups excluding carboxylic acids is 1. The van der Waals surface area contributed by atoms with Crippen LogP contribution in [0.2, 0.25) is 4.47 Å². The zero-order chi connectivity index (χ0) is 19.9. The van der Waals surface area contributed by atoms with Crippen LogP contribution in [0, 0.1) is 0 Å². The van der Waals surface area contributed by atoms with Crippen LogP contribution in [0.4, 0.5) is 0 Å². The molecule has 8 heteroatoms. The molecule has 1 heterocycles. The molecule has 0 aliphatic rings. The van der Waals surface area contributed by atoms with Gasteiger partial charge in [0.1, 0.15) is 5.75 Å². The van der Waals surface area contributed by atoms with Gasteiger partial charge in [0, 0.05) is 30.6 Å². The van der Waals surface area contributed by atoms with Gasteiger partial charge < -0.3 is 10.1 Å². The molecule has 0 saturated heterocycles. The molecule has 0 fully saturated rings. The summed E-state index contributed by atoms with van der Waals surface area (Å²) in [5.41, 5.74) is 1.82. The molecule has 0 aliphatic carbocycles. The van der Waals surface area contributed by atoms with Crippen molar-refractivity contribution < 1.29 is 14.4 Å². The minimum atomic E-state index is -0.397. The van der Waals surface area contributed by atoms with E-state index >= 15 is 0 Å². The van der Waals surface area contributed by atoms with Crippen molar-refractivity contribution in [2.75, 3.05) is 20.2 Å². The van der Waals surface area contributed by atoms with Crippen molar-refractivity contribution in [3.05, 3.63) is 44.9 Å². The maximum absolute atomic E-state index is 11.1. The Hall–Kier alpha value is -1.67. The summed E-state index contributed by atoms with van der Waals surface area (Å²) >= 11 is 7.39. The molecule has 1 aromatic heterocycles. The monoisotopic (exact) mass is 411 g/mol. The van der Waals surface area contributed by atoms with Gasteiger partial charge in [-0.3, -0.25) is 9.63 Å². The van der Waals surface area contributed by atoms with E-state index in [4.69, 9.17) is 21.2 Å². The number of benzene rings is 1. The minimum Gasteiger partial charge on any atom is -0.496 e. The van der Waals surface area contributed by atoms with Gasteiger partial charge >= 0.3 is 0 Å². The molecule has 0 unspecified atom stereocenters. The van der Waals surface area contributed by atoms with Crippen molar-refractivity contribution in [2.45, 2.75) is 39.3 Å². The standard InChI is InChI=1S/C19H26ClN3O3S/c1-19(2,3)26-23(13-24)8-7-21-11-14-5-6-17(25-4)15(9-14)10-16-12-22-18(20)27-16/h5-6,9,12-13,21H,7-8,10-11H2,1-4H3. The fraction of sp³-hybridized carbons (Fsp3) is 0.474. The average molecular weight is 412 g/mol. The maximum atomic E-state index is 11.1. The molecule has 2 rings (SSSR count). The van der Waals surface area contributed by atoms with Gasteiger partial charge in [-0.05, 0) is 38.0 Å². The van der Waals surface area contributed by atoms with E-state index in [1.165, 1.54) is 16.4 Å². The molecule has 2 aromatic rings. The second-order valence-electron chi connectivity index (χ2n) is 7.03. The second kappa shape index (κ2) is 10.0.